The molecule has 1 aromatic heterocycles. The SMILES string of the molecule is CN/C(=C\C#N)NCCn1c(=Nc2c(C)cc(C)cc2C)cc2n(c1=O)CCc1cc(OC)c(OC)cc1-2. The van der Waals surface area contributed by atoms with Crippen molar-refractivity contribution in [2.24, 2.45) is 4.99 Å². The van der Waals surface area contributed by atoms with E-state index in [4.69, 9.17) is 19.7 Å². The van der Waals surface area contributed by atoms with Crippen LogP contribution in [0.2, 0.25) is 0 Å². The van der Waals surface area contributed by atoms with Gasteiger partial charge in [0.05, 0.1) is 37.7 Å². The number of fused-ring (bicyclic) bond motifs is 3. The molecule has 0 atom stereocenters. The lowest BCUT2D eigenvalue weighted by Crippen LogP contribution is -2.44. The summed E-state index contributed by atoms with van der Waals surface area (Å²) in [5, 5.41) is 15.1. The van der Waals surface area contributed by atoms with E-state index in [1.165, 1.54) is 11.6 Å². The number of hydrogen-bond donors (Lipinski definition) is 2. The number of nitrogens with zero attached hydrogens (tertiary/aromatic N) is 4. The van der Waals surface area contributed by atoms with Gasteiger partial charge in [-0.15, -0.1) is 0 Å². The first-order valence-electron chi connectivity index (χ1n) is 12.5. The van der Waals surface area contributed by atoms with Crippen molar-refractivity contribution < 1.29 is 9.47 Å². The van der Waals surface area contributed by atoms with Crippen LogP contribution in [0.15, 0.2) is 52.0 Å². The quantitative estimate of drug-likeness (QED) is 0.447. The summed E-state index contributed by atoms with van der Waals surface area (Å²) < 4.78 is 14.6. The summed E-state index contributed by atoms with van der Waals surface area (Å²) in [5.74, 6) is 1.87. The molecule has 3 aromatic rings. The molecule has 0 unspecified atom stereocenters. The van der Waals surface area contributed by atoms with E-state index in [-0.39, 0.29) is 5.69 Å². The normalized spacial score (nSPS) is 12.9. The van der Waals surface area contributed by atoms with Gasteiger partial charge in [-0.1, -0.05) is 17.7 Å². The molecule has 9 heteroatoms. The van der Waals surface area contributed by atoms with E-state index in [0.29, 0.717) is 48.9 Å². The second-order valence-electron chi connectivity index (χ2n) is 9.31. The first kappa shape index (κ1) is 26.6. The van der Waals surface area contributed by atoms with Gasteiger partial charge < -0.3 is 20.1 Å². The third-order valence-electron chi connectivity index (χ3n) is 6.78. The standard InChI is InChI=1S/C29H34N6O3/c1-18-13-19(2)28(20(3)14-18)33-27-17-23-22-16-25(38-6)24(37-5)15-21(22)8-11-34(23)29(36)35(27)12-10-32-26(31-4)7-9-30/h7,13-17,31-32H,8,10-12H2,1-6H3/b26-7+,33-27?. The van der Waals surface area contributed by atoms with Crippen molar-refractivity contribution in [3.8, 4) is 28.8 Å². The van der Waals surface area contributed by atoms with Gasteiger partial charge >= 0.3 is 5.69 Å². The highest BCUT2D eigenvalue weighted by Gasteiger charge is 2.22. The van der Waals surface area contributed by atoms with E-state index in [9.17, 15) is 4.79 Å². The van der Waals surface area contributed by atoms with Gasteiger partial charge in [-0.2, -0.15) is 5.26 Å². The van der Waals surface area contributed by atoms with E-state index in [2.05, 4.69) is 29.7 Å². The Bertz CT molecular complexity index is 1550. The number of allylic oxidation sites excluding steroid dienone is 1. The van der Waals surface area contributed by atoms with Crippen LogP contribution in [0.5, 0.6) is 11.5 Å². The maximum Gasteiger partial charge on any atom is 0.330 e. The molecule has 1 aliphatic heterocycles. The molecule has 2 heterocycles. The predicted molar refractivity (Wildman–Crippen MR) is 148 cm³/mol. The Morgan fingerprint density at radius 2 is 1.79 bits per heavy atom. The summed E-state index contributed by atoms with van der Waals surface area (Å²) in [4.78, 5) is 18.9. The highest BCUT2D eigenvalue weighted by Crippen LogP contribution is 2.37. The molecule has 2 aromatic carbocycles. The zero-order valence-corrected chi connectivity index (χ0v) is 22.8. The number of rotatable bonds is 8. The first-order valence-corrected chi connectivity index (χ1v) is 12.5. The Morgan fingerprint density at radius 3 is 2.42 bits per heavy atom. The molecular formula is C29H34N6O3. The molecule has 38 heavy (non-hydrogen) atoms. The minimum atomic E-state index is -0.138. The number of nitrogens with one attached hydrogen (secondary N) is 2. The molecule has 0 saturated heterocycles. The highest BCUT2D eigenvalue weighted by molar-refractivity contribution is 5.70. The van der Waals surface area contributed by atoms with E-state index >= 15 is 0 Å². The Kier molecular flexibility index (Phi) is 7.91. The fourth-order valence-corrected chi connectivity index (χ4v) is 5.01. The van der Waals surface area contributed by atoms with Gasteiger partial charge in [-0.25, -0.2) is 9.79 Å². The fraction of sp³-hybridized carbons (Fsp3) is 0.345. The lowest BCUT2D eigenvalue weighted by atomic mass is 9.97. The third kappa shape index (κ3) is 5.16. The molecule has 0 amide bonds. The second-order valence-corrected chi connectivity index (χ2v) is 9.31. The molecular weight excluding hydrogens is 480 g/mol. The van der Waals surface area contributed by atoms with E-state index in [0.717, 1.165) is 33.6 Å². The van der Waals surface area contributed by atoms with Crippen LogP contribution in [-0.2, 0) is 19.5 Å². The Labute approximate surface area is 222 Å². The van der Waals surface area contributed by atoms with E-state index in [1.807, 2.05) is 38.1 Å². The van der Waals surface area contributed by atoms with Gasteiger partial charge in [0.15, 0.2) is 11.5 Å². The van der Waals surface area contributed by atoms with Crippen molar-refractivity contribution in [2.75, 3.05) is 27.8 Å². The molecule has 198 valence electrons. The van der Waals surface area contributed by atoms with Gasteiger partial charge in [-0.05, 0) is 56.0 Å². The fourth-order valence-electron chi connectivity index (χ4n) is 5.01. The zero-order chi connectivity index (χ0) is 27.4. The lowest BCUT2D eigenvalue weighted by Gasteiger charge is -2.25. The molecule has 9 nitrogen and oxygen atoms in total. The summed E-state index contributed by atoms with van der Waals surface area (Å²) in [6.07, 6.45) is 2.09. The van der Waals surface area contributed by atoms with Crippen LogP contribution in [0.4, 0.5) is 5.69 Å². The van der Waals surface area contributed by atoms with E-state index < -0.39 is 0 Å². The van der Waals surface area contributed by atoms with E-state index in [1.54, 1.807) is 30.4 Å². The smallest absolute Gasteiger partial charge is 0.330 e. The molecule has 0 aliphatic carbocycles. The monoisotopic (exact) mass is 514 g/mol. The third-order valence-corrected chi connectivity index (χ3v) is 6.78. The lowest BCUT2D eigenvalue weighted by molar-refractivity contribution is 0.354. The van der Waals surface area contributed by atoms with Crippen molar-refractivity contribution in [1.82, 2.24) is 19.8 Å². The largest absolute Gasteiger partial charge is 0.493 e. The zero-order valence-electron chi connectivity index (χ0n) is 22.8. The van der Waals surface area contributed by atoms with Gasteiger partial charge in [0, 0.05) is 38.3 Å². The van der Waals surface area contributed by atoms with Crippen molar-refractivity contribution in [3.63, 3.8) is 0 Å². The number of benzene rings is 2. The number of ether oxygens (including phenoxy) is 2. The summed E-state index contributed by atoms with van der Waals surface area (Å²) in [5.41, 5.74) is 7.36. The molecule has 2 N–H and O–H groups in total. The summed E-state index contributed by atoms with van der Waals surface area (Å²) in [6, 6.07) is 12.1. The molecule has 4 rings (SSSR count). The summed E-state index contributed by atoms with van der Waals surface area (Å²) in [6.45, 7) is 7.48. The minimum absolute atomic E-state index is 0.138. The van der Waals surface area contributed by atoms with Crippen molar-refractivity contribution in [1.29, 1.82) is 5.26 Å². The van der Waals surface area contributed by atoms with Crippen LogP contribution < -0.4 is 31.3 Å². The molecule has 0 spiro atoms. The average Bonchev–Trinajstić information content (AvgIpc) is 2.90. The molecule has 0 radical (unpaired) electrons. The molecule has 0 saturated carbocycles. The van der Waals surface area contributed by atoms with Crippen molar-refractivity contribution >= 4 is 5.69 Å². The first-order chi connectivity index (χ1) is 18.3. The minimum Gasteiger partial charge on any atom is -0.493 e. The molecule has 0 fully saturated rings. The number of hydrogen-bond acceptors (Lipinski definition) is 7. The van der Waals surface area contributed by atoms with Crippen molar-refractivity contribution in [3.05, 3.63) is 80.5 Å². The maximum absolute atomic E-state index is 13.9. The van der Waals surface area contributed by atoms with Crippen molar-refractivity contribution in [2.45, 2.75) is 40.3 Å². The van der Waals surface area contributed by atoms with Crippen LogP contribution in [0.25, 0.3) is 11.3 Å². The number of aryl methyl sites for hydroxylation is 4. The Balaban J connectivity index is 1.92. The summed E-state index contributed by atoms with van der Waals surface area (Å²) >= 11 is 0. The predicted octanol–water partition coefficient (Wildman–Crippen LogP) is 3.22. The topological polar surface area (TPSA) is 106 Å². The van der Waals surface area contributed by atoms with Crippen LogP contribution >= 0.6 is 0 Å². The van der Waals surface area contributed by atoms with Crippen LogP contribution in [0.3, 0.4) is 0 Å². The van der Waals surface area contributed by atoms with Crippen LogP contribution in [-0.4, -0.2) is 36.9 Å². The van der Waals surface area contributed by atoms with Gasteiger partial charge in [0.2, 0.25) is 0 Å². The second kappa shape index (κ2) is 11.3. The number of nitriles is 1. The summed E-state index contributed by atoms with van der Waals surface area (Å²) in [7, 11) is 4.97. The molecule has 1 aliphatic rings. The number of methoxy groups -OCH3 is 2. The van der Waals surface area contributed by atoms with Gasteiger partial charge in [-0.3, -0.25) is 9.13 Å². The van der Waals surface area contributed by atoms with Crippen LogP contribution in [0, 0.1) is 32.1 Å². The Morgan fingerprint density at radius 1 is 1.11 bits per heavy atom. The van der Waals surface area contributed by atoms with Gasteiger partial charge in [0.25, 0.3) is 0 Å². The maximum atomic E-state index is 13.9. The average molecular weight is 515 g/mol. The highest BCUT2D eigenvalue weighted by atomic mass is 16.5. The van der Waals surface area contributed by atoms with Crippen LogP contribution in [0.1, 0.15) is 22.3 Å². The van der Waals surface area contributed by atoms with Gasteiger partial charge in [0.1, 0.15) is 11.3 Å². The molecule has 0 bridgehead atoms. The Hall–Kier alpha value is -4.45. The number of aromatic nitrogens is 2.